The molecule has 100 valence electrons. The van der Waals surface area contributed by atoms with Crippen molar-refractivity contribution in [3.8, 4) is 5.75 Å². The van der Waals surface area contributed by atoms with E-state index in [1.165, 1.54) is 10.6 Å². The summed E-state index contributed by atoms with van der Waals surface area (Å²) in [6.07, 6.45) is 0. The van der Waals surface area contributed by atoms with Crippen LogP contribution in [0.1, 0.15) is 20.8 Å². The van der Waals surface area contributed by atoms with Gasteiger partial charge in [-0.2, -0.15) is 0 Å². The smallest absolute Gasteiger partial charge is 0.119 e. The third-order valence-corrected chi connectivity index (χ3v) is 5.95. The average molecular weight is 272 g/mol. The summed E-state index contributed by atoms with van der Waals surface area (Å²) in [6, 6.07) is 19.3. The SMILES string of the molecule is COc1cccc(P(c2ccccc2)C(C)(C)C)c1. The van der Waals surface area contributed by atoms with Crippen molar-refractivity contribution >= 4 is 18.5 Å². The molecule has 0 N–H and O–H groups in total. The molecule has 0 amide bonds. The second-order valence-corrected chi connectivity index (χ2v) is 8.59. The molecule has 0 aromatic heterocycles. The first kappa shape index (κ1) is 14.1. The Kier molecular flexibility index (Phi) is 4.27. The van der Waals surface area contributed by atoms with Crippen molar-refractivity contribution in [1.82, 2.24) is 0 Å². The lowest BCUT2D eigenvalue weighted by Crippen LogP contribution is -2.26. The zero-order chi connectivity index (χ0) is 13.9. The maximum Gasteiger partial charge on any atom is 0.119 e. The van der Waals surface area contributed by atoms with Gasteiger partial charge in [0.25, 0.3) is 0 Å². The number of ether oxygens (including phenoxy) is 1. The predicted octanol–water partition coefficient (Wildman–Crippen LogP) is 3.93. The van der Waals surface area contributed by atoms with E-state index in [1.54, 1.807) is 7.11 Å². The quantitative estimate of drug-likeness (QED) is 0.769. The summed E-state index contributed by atoms with van der Waals surface area (Å²) >= 11 is 0. The first-order valence-electron chi connectivity index (χ1n) is 6.52. The lowest BCUT2D eigenvalue weighted by molar-refractivity contribution is 0.415. The minimum Gasteiger partial charge on any atom is -0.497 e. The molecule has 1 atom stereocenters. The second-order valence-electron chi connectivity index (χ2n) is 5.54. The van der Waals surface area contributed by atoms with E-state index in [0.717, 1.165) is 5.75 Å². The fourth-order valence-electron chi connectivity index (χ4n) is 2.25. The molecular formula is C17H21OP. The highest BCUT2D eigenvalue weighted by atomic mass is 31.1. The highest BCUT2D eigenvalue weighted by Crippen LogP contribution is 2.47. The molecule has 0 aliphatic carbocycles. The molecular weight excluding hydrogens is 251 g/mol. The molecule has 2 heteroatoms. The van der Waals surface area contributed by atoms with Gasteiger partial charge >= 0.3 is 0 Å². The maximum absolute atomic E-state index is 5.36. The lowest BCUT2D eigenvalue weighted by atomic mass is 10.2. The Morgan fingerprint density at radius 2 is 1.47 bits per heavy atom. The molecule has 0 aliphatic rings. The minimum absolute atomic E-state index is 0.225. The molecule has 0 radical (unpaired) electrons. The fourth-order valence-corrected chi connectivity index (χ4v) is 5.06. The summed E-state index contributed by atoms with van der Waals surface area (Å²) < 4.78 is 5.36. The highest BCUT2D eigenvalue weighted by molar-refractivity contribution is 7.74. The van der Waals surface area contributed by atoms with Gasteiger partial charge in [-0.25, -0.2) is 0 Å². The topological polar surface area (TPSA) is 9.23 Å². The Morgan fingerprint density at radius 1 is 0.842 bits per heavy atom. The van der Waals surface area contributed by atoms with Gasteiger partial charge in [-0.05, 0) is 35.8 Å². The van der Waals surface area contributed by atoms with E-state index < -0.39 is 7.92 Å². The van der Waals surface area contributed by atoms with E-state index in [4.69, 9.17) is 4.74 Å². The molecule has 19 heavy (non-hydrogen) atoms. The summed E-state index contributed by atoms with van der Waals surface area (Å²) in [5.41, 5.74) is 0. The molecule has 0 bridgehead atoms. The van der Waals surface area contributed by atoms with Crippen LogP contribution in [-0.4, -0.2) is 12.3 Å². The molecule has 2 aromatic carbocycles. The van der Waals surface area contributed by atoms with Crippen molar-refractivity contribution in [2.45, 2.75) is 25.9 Å². The summed E-state index contributed by atoms with van der Waals surface area (Å²) in [5, 5.41) is 3.01. The van der Waals surface area contributed by atoms with E-state index in [1.807, 2.05) is 6.07 Å². The van der Waals surface area contributed by atoms with Gasteiger partial charge < -0.3 is 4.74 Å². The van der Waals surface area contributed by atoms with Crippen LogP contribution in [-0.2, 0) is 0 Å². The van der Waals surface area contributed by atoms with Crippen LogP contribution in [0.5, 0.6) is 5.75 Å². The number of benzene rings is 2. The van der Waals surface area contributed by atoms with E-state index in [9.17, 15) is 0 Å². The Hall–Kier alpha value is -1.33. The van der Waals surface area contributed by atoms with Crippen molar-refractivity contribution in [2.75, 3.05) is 7.11 Å². The average Bonchev–Trinajstić information content (AvgIpc) is 2.39. The van der Waals surface area contributed by atoms with Crippen LogP contribution in [0.3, 0.4) is 0 Å². The van der Waals surface area contributed by atoms with Crippen LogP contribution in [0, 0.1) is 0 Å². The molecule has 0 aliphatic heterocycles. The summed E-state index contributed by atoms with van der Waals surface area (Å²) in [7, 11) is 1.33. The van der Waals surface area contributed by atoms with Crippen molar-refractivity contribution in [1.29, 1.82) is 0 Å². The molecule has 0 saturated carbocycles. The number of hydrogen-bond acceptors (Lipinski definition) is 1. The van der Waals surface area contributed by atoms with Crippen LogP contribution >= 0.6 is 7.92 Å². The van der Waals surface area contributed by atoms with Gasteiger partial charge in [-0.3, -0.25) is 0 Å². The van der Waals surface area contributed by atoms with Crippen LogP contribution < -0.4 is 15.3 Å². The van der Waals surface area contributed by atoms with Crippen molar-refractivity contribution in [2.24, 2.45) is 0 Å². The minimum atomic E-state index is -0.394. The van der Waals surface area contributed by atoms with Crippen LogP contribution in [0.4, 0.5) is 0 Å². The lowest BCUT2D eigenvalue weighted by Gasteiger charge is -2.32. The molecule has 0 saturated heterocycles. The Balaban J connectivity index is 2.50. The van der Waals surface area contributed by atoms with E-state index in [0.29, 0.717) is 0 Å². The summed E-state index contributed by atoms with van der Waals surface area (Å²) in [6.45, 7) is 6.93. The third-order valence-electron chi connectivity index (χ3n) is 3.00. The van der Waals surface area contributed by atoms with Crippen LogP contribution in [0.2, 0.25) is 0 Å². The number of rotatable bonds is 3. The first-order chi connectivity index (χ1) is 9.02. The number of methoxy groups -OCH3 is 1. The van der Waals surface area contributed by atoms with E-state index in [-0.39, 0.29) is 5.16 Å². The van der Waals surface area contributed by atoms with Crippen molar-refractivity contribution < 1.29 is 4.74 Å². The van der Waals surface area contributed by atoms with Crippen LogP contribution in [0.25, 0.3) is 0 Å². The normalized spacial score (nSPS) is 13.1. The third kappa shape index (κ3) is 3.36. The van der Waals surface area contributed by atoms with Gasteiger partial charge in [0.2, 0.25) is 0 Å². The molecule has 2 rings (SSSR count). The summed E-state index contributed by atoms with van der Waals surface area (Å²) in [4.78, 5) is 0. The van der Waals surface area contributed by atoms with Gasteiger partial charge in [0.15, 0.2) is 0 Å². The number of hydrogen-bond donors (Lipinski definition) is 0. The van der Waals surface area contributed by atoms with E-state index >= 15 is 0 Å². The highest BCUT2D eigenvalue weighted by Gasteiger charge is 2.27. The molecule has 1 unspecified atom stereocenters. The molecule has 1 nitrogen and oxygen atoms in total. The standard InChI is InChI=1S/C17H21OP/c1-17(2,3)19(15-10-6-5-7-11-15)16-12-8-9-14(13-16)18-4/h5-13H,1-4H3. The Bertz CT molecular complexity index is 528. The molecule has 0 heterocycles. The largest absolute Gasteiger partial charge is 0.497 e. The van der Waals surface area contributed by atoms with Gasteiger partial charge in [-0.1, -0.05) is 63.2 Å². The van der Waals surface area contributed by atoms with Gasteiger partial charge in [0, 0.05) is 0 Å². The van der Waals surface area contributed by atoms with Crippen molar-refractivity contribution in [3.05, 3.63) is 54.6 Å². The Morgan fingerprint density at radius 3 is 2.05 bits per heavy atom. The molecule has 0 spiro atoms. The van der Waals surface area contributed by atoms with Gasteiger partial charge in [0.05, 0.1) is 7.11 Å². The molecule has 0 fully saturated rings. The predicted molar refractivity (Wildman–Crippen MR) is 85.4 cm³/mol. The Labute approximate surface area is 117 Å². The zero-order valence-electron chi connectivity index (χ0n) is 12.1. The van der Waals surface area contributed by atoms with Crippen LogP contribution in [0.15, 0.2) is 54.6 Å². The summed E-state index contributed by atoms with van der Waals surface area (Å²) in [5.74, 6) is 0.935. The van der Waals surface area contributed by atoms with Gasteiger partial charge in [-0.15, -0.1) is 0 Å². The van der Waals surface area contributed by atoms with E-state index in [2.05, 4.69) is 69.3 Å². The monoisotopic (exact) mass is 272 g/mol. The zero-order valence-corrected chi connectivity index (χ0v) is 12.9. The molecule has 2 aromatic rings. The second kappa shape index (κ2) is 5.75. The first-order valence-corrected chi connectivity index (χ1v) is 7.86. The van der Waals surface area contributed by atoms with Crippen molar-refractivity contribution in [3.63, 3.8) is 0 Å². The van der Waals surface area contributed by atoms with Gasteiger partial charge in [0.1, 0.15) is 5.75 Å². The maximum atomic E-state index is 5.36. The fraction of sp³-hybridized carbons (Fsp3) is 0.294.